The molecule has 1 aliphatic carbocycles. The number of aliphatic hydroxyl groups excluding tert-OH is 1. The summed E-state index contributed by atoms with van der Waals surface area (Å²) in [5, 5.41) is 13.9. The minimum atomic E-state index is -0.130. The minimum absolute atomic E-state index is 0.130. The minimum Gasteiger partial charge on any atom is -0.394 e. The van der Waals surface area contributed by atoms with Gasteiger partial charge in [-0.25, -0.2) is 9.97 Å². The van der Waals surface area contributed by atoms with Gasteiger partial charge in [0.05, 0.1) is 6.61 Å². The Kier molecular flexibility index (Phi) is 5.19. The Labute approximate surface area is 119 Å². The van der Waals surface area contributed by atoms with Crippen molar-refractivity contribution in [3.63, 3.8) is 0 Å². The van der Waals surface area contributed by atoms with Crippen molar-refractivity contribution in [1.29, 1.82) is 0 Å². The predicted molar refractivity (Wildman–Crippen MR) is 78.4 cm³/mol. The Hall–Kier alpha value is -0.650. The highest BCUT2D eigenvalue weighted by Crippen LogP contribution is 2.25. The van der Waals surface area contributed by atoms with Crippen LogP contribution in [0.1, 0.15) is 38.3 Å². The monoisotopic (exact) mass is 281 g/mol. The van der Waals surface area contributed by atoms with Crippen LogP contribution in [0, 0.1) is 6.92 Å². The molecule has 1 fully saturated rings. The number of thioether (sulfide) groups is 1. The third-order valence-electron chi connectivity index (χ3n) is 3.36. The highest BCUT2D eigenvalue weighted by atomic mass is 32.2. The number of aryl methyl sites for hydroxylation is 1. The molecule has 2 N–H and O–H groups in total. The molecule has 0 saturated heterocycles. The van der Waals surface area contributed by atoms with Gasteiger partial charge in [0, 0.05) is 29.2 Å². The van der Waals surface area contributed by atoms with Crippen LogP contribution in [0.15, 0.2) is 17.4 Å². The molecular formula is C14H23N3OS. The van der Waals surface area contributed by atoms with Gasteiger partial charge in [-0.2, -0.15) is 0 Å². The molecule has 1 atom stereocenters. The molecule has 0 aromatic carbocycles. The first-order chi connectivity index (χ1) is 9.11. The predicted octanol–water partition coefficient (Wildman–Crippen LogP) is 2.16. The Bertz CT molecular complexity index is 411. The van der Waals surface area contributed by atoms with Gasteiger partial charge in [-0.05, 0) is 45.6 Å². The maximum Gasteiger partial charge on any atom is 0.187 e. The molecule has 0 radical (unpaired) electrons. The number of aliphatic hydroxyl groups is 1. The molecule has 0 bridgehead atoms. The van der Waals surface area contributed by atoms with Crippen molar-refractivity contribution in [1.82, 2.24) is 15.3 Å². The first-order valence-corrected chi connectivity index (χ1v) is 7.91. The quantitative estimate of drug-likeness (QED) is 0.434. The smallest absolute Gasteiger partial charge is 0.187 e. The lowest BCUT2D eigenvalue weighted by molar-refractivity contribution is 0.163. The summed E-state index contributed by atoms with van der Waals surface area (Å²) in [6.45, 7) is 4.29. The zero-order valence-electron chi connectivity index (χ0n) is 11.7. The molecule has 106 valence electrons. The van der Waals surface area contributed by atoms with Crippen LogP contribution in [0.25, 0.3) is 0 Å². The molecule has 1 unspecified atom stereocenters. The van der Waals surface area contributed by atoms with Gasteiger partial charge >= 0.3 is 0 Å². The van der Waals surface area contributed by atoms with Gasteiger partial charge in [-0.1, -0.05) is 11.8 Å². The largest absolute Gasteiger partial charge is 0.394 e. The molecule has 1 saturated carbocycles. The summed E-state index contributed by atoms with van der Waals surface area (Å²) >= 11 is 1.69. The fraction of sp³-hybridized carbons (Fsp3) is 0.714. The zero-order chi connectivity index (χ0) is 13.7. The molecule has 0 amide bonds. The lowest BCUT2D eigenvalue weighted by atomic mass is 9.97. The number of rotatable bonds is 8. The van der Waals surface area contributed by atoms with E-state index in [1.165, 1.54) is 12.8 Å². The van der Waals surface area contributed by atoms with Gasteiger partial charge in [-0.3, -0.25) is 0 Å². The summed E-state index contributed by atoms with van der Waals surface area (Å²) in [6, 6.07) is 2.54. The molecule has 0 spiro atoms. The summed E-state index contributed by atoms with van der Waals surface area (Å²) in [6.07, 6.45) is 6.34. The number of hydrogen-bond donors (Lipinski definition) is 2. The van der Waals surface area contributed by atoms with E-state index in [2.05, 4.69) is 22.2 Å². The van der Waals surface area contributed by atoms with Crippen LogP contribution in [0.2, 0.25) is 0 Å². The number of aromatic nitrogens is 2. The fourth-order valence-corrected chi connectivity index (χ4v) is 2.85. The SMILES string of the molecule is Cc1ccnc(SCCCC(C)(CO)NC2CC2)n1. The van der Waals surface area contributed by atoms with E-state index < -0.39 is 0 Å². The van der Waals surface area contributed by atoms with Crippen molar-refractivity contribution < 1.29 is 5.11 Å². The highest BCUT2D eigenvalue weighted by molar-refractivity contribution is 7.99. The van der Waals surface area contributed by atoms with Crippen LogP contribution in [0.4, 0.5) is 0 Å². The van der Waals surface area contributed by atoms with Crippen molar-refractivity contribution in [2.45, 2.75) is 56.3 Å². The first kappa shape index (κ1) is 14.8. The van der Waals surface area contributed by atoms with Gasteiger partial charge in [-0.15, -0.1) is 0 Å². The van der Waals surface area contributed by atoms with Crippen LogP contribution < -0.4 is 5.32 Å². The molecule has 1 aromatic heterocycles. The Morgan fingerprint density at radius 2 is 2.32 bits per heavy atom. The Morgan fingerprint density at radius 3 is 2.95 bits per heavy atom. The summed E-state index contributed by atoms with van der Waals surface area (Å²) in [5.74, 6) is 0.991. The van der Waals surface area contributed by atoms with E-state index in [0.717, 1.165) is 29.4 Å². The van der Waals surface area contributed by atoms with E-state index in [1.807, 2.05) is 13.0 Å². The molecule has 19 heavy (non-hydrogen) atoms. The van der Waals surface area contributed by atoms with Crippen LogP contribution in [0.5, 0.6) is 0 Å². The average Bonchev–Trinajstić information content (AvgIpc) is 3.19. The van der Waals surface area contributed by atoms with Crippen molar-refractivity contribution in [2.24, 2.45) is 0 Å². The number of nitrogens with one attached hydrogen (secondary N) is 1. The van der Waals surface area contributed by atoms with Gasteiger partial charge in [0.2, 0.25) is 0 Å². The normalized spacial score (nSPS) is 18.3. The van der Waals surface area contributed by atoms with E-state index in [-0.39, 0.29) is 12.1 Å². The summed E-state index contributed by atoms with van der Waals surface area (Å²) < 4.78 is 0. The van der Waals surface area contributed by atoms with Crippen molar-refractivity contribution in [2.75, 3.05) is 12.4 Å². The molecule has 5 heteroatoms. The summed E-state index contributed by atoms with van der Waals surface area (Å²) in [7, 11) is 0. The van der Waals surface area contributed by atoms with Crippen molar-refractivity contribution >= 4 is 11.8 Å². The number of nitrogens with zero attached hydrogens (tertiary/aromatic N) is 2. The van der Waals surface area contributed by atoms with E-state index in [4.69, 9.17) is 0 Å². The van der Waals surface area contributed by atoms with E-state index in [0.29, 0.717) is 6.04 Å². The molecular weight excluding hydrogens is 258 g/mol. The van der Waals surface area contributed by atoms with Gasteiger partial charge in [0.25, 0.3) is 0 Å². The summed E-state index contributed by atoms with van der Waals surface area (Å²) in [4.78, 5) is 8.61. The van der Waals surface area contributed by atoms with Crippen LogP contribution >= 0.6 is 11.8 Å². The van der Waals surface area contributed by atoms with Gasteiger partial charge in [0.1, 0.15) is 0 Å². The van der Waals surface area contributed by atoms with Crippen LogP contribution in [-0.4, -0.2) is 39.0 Å². The van der Waals surface area contributed by atoms with E-state index in [9.17, 15) is 5.11 Å². The zero-order valence-corrected chi connectivity index (χ0v) is 12.5. The molecule has 1 aromatic rings. The molecule has 0 aliphatic heterocycles. The van der Waals surface area contributed by atoms with Crippen LogP contribution in [-0.2, 0) is 0 Å². The third-order valence-corrected chi connectivity index (χ3v) is 4.30. The molecule has 1 heterocycles. The molecule has 4 nitrogen and oxygen atoms in total. The standard InChI is InChI=1S/C14H23N3OS/c1-11-6-8-15-13(16-11)19-9-3-7-14(2,10-18)17-12-4-5-12/h6,8,12,17-18H,3-5,7,9-10H2,1-2H3. The Morgan fingerprint density at radius 1 is 1.53 bits per heavy atom. The van der Waals surface area contributed by atoms with E-state index in [1.54, 1.807) is 18.0 Å². The van der Waals surface area contributed by atoms with Crippen molar-refractivity contribution in [3.05, 3.63) is 18.0 Å². The fourth-order valence-electron chi connectivity index (χ4n) is 2.04. The topological polar surface area (TPSA) is 58.0 Å². The molecule has 2 rings (SSSR count). The third kappa shape index (κ3) is 5.09. The highest BCUT2D eigenvalue weighted by Gasteiger charge is 2.31. The van der Waals surface area contributed by atoms with E-state index >= 15 is 0 Å². The second kappa shape index (κ2) is 6.68. The van der Waals surface area contributed by atoms with Crippen molar-refractivity contribution in [3.8, 4) is 0 Å². The molecule has 1 aliphatic rings. The van der Waals surface area contributed by atoms with Gasteiger partial charge in [0.15, 0.2) is 5.16 Å². The second-order valence-electron chi connectivity index (χ2n) is 5.57. The number of hydrogen-bond acceptors (Lipinski definition) is 5. The summed E-state index contributed by atoms with van der Waals surface area (Å²) in [5.41, 5.74) is 0.878. The first-order valence-electron chi connectivity index (χ1n) is 6.92. The maximum atomic E-state index is 9.52. The Balaban J connectivity index is 1.70. The second-order valence-corrected chi connectivity index (χ2v) is 6.63. The van der Waals surface area contributed by atoms with Gasteiger partial charge < -0.3 is 10.4 Å². The van der Waals surface area contributed by atoms with Crippen LogP contribution in [0.3, 0.4) is 0 Å². The maximum absolute atomic E-state index is 9.52. The average molecular weight is 281 g/mol. The lowest BCUT2D eigenvalue weighted by Gasteiger charge is -2.29. The lowest BCUT2D eigenvalue weighted by Crippen LogP contribution is -2.46.